The minimum Gasteiger partial charge on any atom is -0.493 e. The monoisotopic (exact) mass is 259 g/mol. The lowest BCUT2D eigenvalue weighted by molar-refractivity contribution is 0.338. The first-order chi connectivity index (χ1) is 6.15. The van der Waals surface area contributed by atoms with Gasteiger partial charge in [0.25, 0.3) is 0 Å². The molecule has 1 rings (SSSR count). The van der Waals surface area contributed by atoms with Crippen LogP contribution < -0.4 is 10.5 Å². The molecular formula is C9H10BrNOS. The molecule has 0 unspecified atom stereocenters. The average molecular weight is 260 g/mol. The summed E-state index contributed by atoms with van der Waals surface area (Å²) in [6.07, 6.45) is 0. The third kappa shape index (κ3) is 2.67. The van der Waals surface area contributed by atoms with Crippen LogP contribution in [0.2, 0.25) is 0 Å². The van der Waals surface area contributed by atoms with Gasteiger partial charge in [-0.1, -0.05) is 12.2 Å². The standard InChI is InChI=1S/C9H10BrNOS/c1-2-12-8-4-3-6(9(11)13)5-7(8)10/h3-5H,2H2,1H3,(H2,11,13). The van der Waals surface area contributed by atoms with Crippen molar-refractivity contribution in [1.82, 2.24) is 0 Å². The van der Waals surface area contributed by atoms with Gasteiger partial charge in [-0.15, -0.1) is 0 Å². The van der Waals surface area contributed by atoms with Gasteiger partial charge < -0.3 is 10.5 Å². The lowest BCUT2D eigenvalue weighted by Gasteiger charge is -2.06. The second kappa shape index (κ2) is 4.58. The second-order valence-electron chi connectivity index (χ2n) is 2.44. The van der Waals surface area contributed by atoms with Crippen LogP contribution in [0.5, 0.6) is 5.75 Å². The van der Waals surface area contributed by atoms with E-state index in [9.17, 15) is 0 Å². The van der Waals surface area contributed by atoms with E-state index in [1.54, 1.807) is 0 Å². The van der Waals surface area contributed by atoms with Crippen LogP contribution in [0.3, 0.4) is 0 Å². The van der Waals surface area contributed by atoms with Gasteiger partial charge >= 0.3 is 0 Å². The number of benzene rings is 1. The highest BCUT2D eigenvalue weighted by Crippen LogP contribution is 2.25. The Balaban J connectivity index is 2.98. The Kier molecular flexibility index (Phi) is 3.69. The van der Waals surface area contributed by atoms with E-state index < -0.39 is 0 Å². The molecule has 0 aliphatic carbocycles. The van der Waals surface area contributed by atoms with Gasteiger partial charge in [-0.3, -0.25) is 0 Å². The number of hydrogen-bond acceptors (Lipinski definition) is 2. The summed E-state index contributed by atoms with van der Waals surface area (Å²) in [5.74, 6) is 0.808. The summed E-state index contributed by atoms with van der Waals surface area (Å²) in [5, 5.41) is 0. The van der Waals surface area contributed by atoms with Crippen LogP contribution >= 0.6 is 28.1 Å². The first-order valence-electron chi connectivity index (χ1n) is 3.87. The van der Waals surface area contributed by atoms with Crippen molar-refractivity contribution in [3.8, 4) is 5.75 Å². The fraction of sp³-hybridized carbons (Fsp3) is 0.222. The predicted octanol–water partition coefficient (Wildman–Crippen LogP) is 2.48. The number of ether oxygens (including phenoxy) is 1. The molecule has 1 aromatic carbocycles. The van der Waals surface area contributed by atoms with E-state index in [0.29, 0.717) is 11.6 Å². The molecule has 70 valence electrons. The van der Waals surface area contributed by atoms with Crippen LogP contribution in [0.1, 0.15) is 12.5 Å². The highest BCUT2D eigenvalue weighted by atomic mass is 79.9. The van der Waals surface area contributed by atoms with E-state index in [1.807, 2.05) is 25.1 Å². The number of thiocarbonyl (C=S) groups is 1. The zero-order valence-electron chi connectivity index (χ0n) is 7.21. The lowest BCUT2D eigenvalue weighted by Crippen LogP contribution is -2.09. The Morgan fingerprint density at radius 2 is 2.31 bits per heavy atom. The van der Waals surface area contributed by atoms with Crippen LogP contribution in [-0.2, 0) is 0 Å². The molecule has 2 N–H and O–H groups in total. The second-order valence-corrected chi connectivity index (χ2v) is 3.74. The van der Waals surface area contributed by atoms with E-state index in [-0.39, 0.29) is 0 Å². The molecule has 0 radical (unpaired) electrons. The number of nitrogens with two attached hydrogens (primary N) is 1. The normalized spacial score (nSPS) is 9.69. The SMILES string of the molecule is CCOc1ccc(C(N)=S)cc1Br. The molecule has 0 spiro atoms. The molecule has 0 amide bonds. The fourth-order valence-electron chi connectivity index (χ4n) is 0.927. The summed E-state index contributed by atoms with van der Waals surface area (Å²) in [4.78, 5) is 0.392. The largest absolute Gasteiger partial charge is 0.493 e. The van der Waals surface area contributed by atoms with Crippen LogP contribution in [-0.4, -0.2) is 11.6 Å². The molecular weight excluding hydrogens is 250 g/mol. The van der Waals surface area contributed by atoms with Gasteiger partial charge in [0.1, 0.15) is 10.7 Å². The van der Waals surface area contributed by atoms with E-state index in [2.05, 4.69) is 15.9 Å². The van der Waals surface area contributed by atoms with Gasteiger partial charge in [0, 0.05) is 5.56 Å². The van der Waals surface area contributed by atoms with Crippen molar-refractivity contribution in [2.24, 2.45) is 5.73 Å². The Hall–Kier alpha value is -0.610. The van der Waals surface area contributed by atoms with Gasteiger partial charge in [-0.2, -0.15) is 0 Å². The first-order valence-corrected chi connectivity index (χ1v) is 5.07. The zero-order valence-corrected chi connectivity index (χ0v) is 9.61. The number of halogens is 1. The highest BCUT2D eigenvalue weighted by molar-refractivity contribution is 9.10. The van der Waals surface area contributed by atoms with Gasteiger partial charge in [0.05, 0.1) is 11.1 Å². The van der Waals surface area contributed by atoms with Gasteiger partial charge in [0.15, 0.2) is 0 Å². The van der Waals surface area contributed by atoms with Gasteiger partial charge in [-0.05, 0) is 41.1 Å². The average Bonchev–Trinajstić information content (AvgIpc) is 2.08. The van der Waals surface area contributed by atoms with Crippen molar-refractivity contribution in [3.63, 3.8) is 0 Å². The quantitative estimate of drug-likeness (QED) is 0.848. The van der Waals surface area contributed by atoms with Crippen molar-refractivity contribution >= 4 is 33.1 Å². The molecule has 0 saturated heterocycles. The van der Waals surface area contributed by atoms with Crippen molar-refractivity contribution in [2.75, 3.05) is 6.61 Å². The molecule has 0 aliphatic heterocycles. The van der Waals surface area contributed by atoms with Crippen molar-refractivity contribution in [2.45, 2.75) is 6.92 Å². The van der Waals surface area contributed by atoms with E-state index in [0.717, 1.165) is 15.8 Å². The molecule has 0 bridgehead atoms. The summed E-state index contributed by atoms with van der Waals surface area (Å²) in [5.41, 5.74) is 6.31. The molecule has 13 heavy (non-hydrogen) atoms. The van der Waals surface area contributed by atoms with E-state index in [1.165, 1.54) is 0 Å². The fourth-order valence-corrected chi connectivity index (χ4v) is 1.55. The third-order valence-corrected chi connectivity index (χ3v) is 2.37. The van der Waals surface area contributed by atoms with E-state index >= 15 is 0 Å². The zero-order chi connectivity index (χ0) is 9.84. The van der Waals surface area contributed by atoms with Crippen molar-refractivity contribution < 1.29 is 4.74 Å². The Morgan fingerprint density at radius 1 is 1.62 bits per heavy atom. The highest BCUT2D eigenvalue weighted by Gasteiger charge is 2.02. The summed E-state index contributed by atoms with van der Waals surface area (Å²) in [7, 11) is 0. The molecule has 2 nitrogen and oxygen atoms in total. The van der Waals surface area contributed by atoms with Crippen LogP contribution in [0.25, 0.3) is 0 Å². The smallest absolute Gasteiger partial charge is 0.133 e. The molecule has 0 heterocycles. The van der Waals surface area contributed by atoms with Crippen molar-refractivity contribution in [1.29, 1.82) is 0 Å². The molecule has 4 heteroatoms. The minimum atomic E-state index is 0.392. The minimum absolute atomic E-state index is 0.392. The van der Waals surface area contributed by atoms with Crippen LogP contribution in [0.15, 0.2) is 22.7 Å². The number of rotatable bonds is 3. The van der Waals surface area contributed by atoms with Gasteiger partial charge in [-0.25, -0.2) is 0 Å². The Morgan fingerprint density at radius 3 is 2.77 bits per heavy atom. The Labute approximate surface area is 91.2 Å². The molecule has 0 aliphatic rings. The predicted molar refractivity (Wildman–Crippen MR) is 61.2 cm³/mol. The molecule has 0 fully saturated rings. The number of hydrogen-bond donors (Lipinski definition) is 1. The summed E-state index contributed by atoms with van der Waals surface area (Å²) in [6.45, 7) is 2.58. The van der Waals surface area contributed by atoms with Crippen LogP contribution in [0.4, 0.5) is 0 Å². The molecule has 0 aromatic heterocycles. The third-order valence-electron chi connectivity index (χ3n) is 1.52. The van der Waals surface area contributed by atoms with Gasteiger partial charge in [0.2, 0.25) is 0 Å². The maximum atomic E-state index is 5.48. The maximum absolute atomic E-state index is 5.48. The topological polar surface area (TPSA) is 35.2 Å². The summed E-state index contributed by atoms with van der Waals surface area (Å²) < 4.78 is 6.22. The molecule has 0 atom stereocenters. The maximum Gasteiger partial charge on any atom is 0.133 e. The van der Waals surface area contributed by atoms with E-state index in [4.69, 9.17) is 22.7 Å². The first kappa shape index (κ1) is 10.5. The molecule has 1 aromatic rings. The lowest BCUT2D eigenvalue weighted by atomic mass is 10.2. The Bertz CT molecular complexity index is 327. The van der Waals surface area contributed by atoms with Crippen molar-refractivity contribution in [3.05, 3.63) is 28.2 Å². The summed E-state index contributed by atoms with van der Waals surface area (Å²) in [6, 6.07) is 5.55. The van der Waals surface area contributed by atoms with Crippen LogP contribution in [0, 0.1) is 0 Å². The molecule has 0 saturated carbocycles. The summed E-state index contributed by atoms with van der Waals surface area (Å²) >= 11 is 8.22.